The molecule has 0 atom stereocenters. The first-order chi connectivity index (χ1) is 12.7. The van der Waals surface area contributed by atoms with E-state index in [0.717, 1.165) is 44.9 Å². The van der Waals surface area contributed by atoms with Gasteiger partial charge in [0.25, 0.3) is 0 Å². The summed E-state index contributed by atoms with van der Waals surface area (Å²) in [5.41, 5.74) is 1.98. The summed E-state index contributed by atoms with van der Waals surface area (Å²) in [6.07, 6.45) is 1.78. The molecule has 0 radical (unpaired) electrons. The molecular weight excluding hydrogens is 347 g/mol. The van der Waals surface area contributed by atoms with Gasteiger partial charge in [-0.2, -0.15) is 0 Å². The van der Waals surface area contributed by atoms with Gasteiger partial charge in [0.15, 0.2) is 5.78 Å². The van der Waals surface area contributed by atoms with E-state index in [1.807, 2.05) is 11.8 Å². The van der Waals surface area contributed by atoms with Gasteiger partial charge in [0.05, 0.1) is 11.6 Å². The van der Waals surface area contributed by atoms with Crippen molar-refractivity contribution in [3.8, 4) is 0 Å². The monoisotopic (exact) mass is 370 g/mol. The third-order valence-corrected chi connectivity index (χ3v) is 6.45. The number of hydrogen-bond donors (Lipinski definition) is 0. The van der Waals surface area contributed by atoms with Gasteiger partial charge >= 0.3 is 0 Å². The summed E-state index contributed by atoms with van der Waals surface area (Å²) in [4.78, 5) is 18.8. The number of para-hydroxylation sites is 1. The number of ketones is 1. The zero-order chi connectivity index (χ0) is 17.9. The van der Waals surface area contributed by atoms with E-state index in [1.165, 1.54) is 22.7 Å². The van der Waals surface area contributed by atoms with Gasteiger partial charge in [-0.1, -0.05) is 12.1 Å². The highest BCUT2D eigenvalue weighted by atomic mass is 32.2. The van der Waals surface area contributed by atoms with E-state index in [2.05, 4.69) is 34.1 Å². The van der Waals surface area contributed by atoms with Crippen molar-refractivity contribution in [3.63, 3.8) is 0 Å². The van der Waals surface area contributed by atoms with Gasteiger partial charge in [0.1, 0.15) is 5.82 Å². The van der Waals surface area contributed by atoms with Gasteiger partial charge in [-0.05, 0) is 62.3 Å². The van der Waals surface area contributed by atoms with E-state index >= 15 is 0 Å². The number of likely N-dealkylation sites (tertiary alicyclic amines) is 1. The number of hydrogen-bond acceptors (Lipinski definition) is 4. The maximum Gasteiger partial charge on any atom is 0.166 e. The Bertz CT molecular complexity index is 772. The van der Waals surface area contributed by atoms with Crippen molar-refractivity contribution in [2.45, 2.75) is 17.7 Å². The number of anilines is 1. The zero-order valence-corrected chi connectivity index (χ0v) is 15.6. The molecule has 2 aromatic carbocycles. The summed E-state index contributed by atoms with van der Waals surface area (Å²) in [6, 6.07) is 14.5. The van der Waals surface area contributed by atoms with E-state index in [1.54, 1.807) is 12.1 Å². The molecule has 1 saturated heterocycles. The molecular formula is C21H23FN2OS. The van der Waals surface area contributed by atoms with Crippen molar-refractivity contribution in [3.05, 3.63) is 59.9 Å². The maximum absolute atomic E-state index is 13.0. The Hall–Kier alpha value is -1.85. The normalized spacial score (nSPS) is 18.1. The van der Waals surface area contributed by atoms with Crippen LogP contribution in [0.5, 0.6) is 0 Å². The SMILES string of the molecule is O=C(c1ccc(F)cc1)C1CCN(CCN2CSc3ccccc32)CC1. The second-order valence-corrected chi connectivity index (χ2v) is 7.98. The number of piperidine rings is 1. The van der Waals surface area contributed by atoms with Crippen LogP contribution in [0.4, 0.5) is 10.1 Å². The quantitative estimate of drug-likeness (QED) is 0.733. The predicted octanol–water partition coefficient (Wildman–Crippen LogP) is 4.29. The molecule has 0 amide bonds. The van der Waals surface area contributed by atoms with Gasteiger partial charge in [-0.3, -0.25) is 4.79 Å². The average molecular weight is 370 g/mol. The molecule has 4 rings (SSSR count). The molecule has 0 spiro atoms. The molecule has 26 heavy (non-hydrogen) atoms. The van der Waals surface area contributed by atoms with Gasteiger partial charge < -0.3 is 9.80 Å². The van der Waals surface area contributed by atoms with E-state index in [-0.39, 0.29) is 17.5 Å². The van der Waals surface area contributed by atoms with Crippen LogP contribution in [0.1, 0.15) is 23.2 Å². The number of carbonyl (C=O) groups is 1. The van der Waals surface area contributed by atoms with Gasteiger partial charge in [0, 0.05) is 29.5 Å². The molecule has 2 heterocycles. The Morgan fingerprint density at radius 1 is 1.04 bits per heavy atom. The van der Waals surface area contributed by atoms with Crippen molar-refractivity contribution in [1.82, 2.24) is 4.90 Å². The lowest BCUT2D eigenvalue weighted by Gasteiger charge is -2.32. The van der Waals surface area contributed by atoms with E-state index in [9.17, 15) is 9.18 Å². The van der Waals surface area contributed by atoms with Crippen molar-refractivity contribution >= 4 is 23.2 Å². The second kappa shape index (κ2) is 7.80. The fraction of sp³-hybridized carbons (Fsp3) is 0.381. The molecule has 2 aromatic rings. The van der Waals surface area contributed by atoms with Crippen LogP contribution in [0.25, 0.3) is 0 Å². The minimum Gasteiger partial charge on any atom is -0.360 e. The third-order valence-electron chi connectivity index (χ3n) is 5.36. The van der Waals surface area contributed by atoms with Crippen LogP contribution in [0, 0.1) is 11.7 Å². The predicted molar refractivity (Wildman–Crippen MR) is 104 cm³/mol. The van der Waals surface area contributed by atoms with Gasteiger partial charge in [-0.15, -0.1) is 11.8 Å². The van der Waals surface area contributed by atoms with Crippen molar-refractivity contribution < 1.29 is 9.18 Å². The highest BCUT2D eigenvalue weighted by Gasteiger charge is 2.26. The Balaban J connectivity index is 1.26. The smallest absolute Gasteiger partial charge is 0.166 e. The summed E-state index contributed by atoms with van der Waals surface area (Å²) in [7, 11) is 0. The van der Waals surface area contributed by atoms with Crippen LogP contribution in [0.3, 0.4) is 0 Å². The highest BCUT2D eigenvalue weighted by Crippen LogP contribution is 2.37. The van der Waals surface area contributed by atoms with Gasteiger partial charge in [0.2, 0.25) is 0 Å². The number of thioether (sulfide) groups is 1. The van der Waals surface area contributed by atoms with Crippen molar-refractivity contribution in [2.75, 3.05) is 37.0 Å². The lowest BCUT2D eigenvalue weighted by atomic mass is 9.89. The number of halogens is 1. The summed E-state index contributed by atoms with van der Waals surface area (Å²) < 4.78 is 13.0. The van der Waals surface area contributed by atoms with Crippen LogP contribution in [-0.2, 0) is 0 Å². The van der Waals surface area contributed by atoms with E-state index < -0.39 is 0 Å². The molecule has 5 heteroatoms. The number of rotatable bonds is 5. The molecule has 0 bridgehead atoms. The molecule has 2 aliphatic rings. The molecule has 0 unspecified atom stereocenters. The van der Waals surface area contributed by atoms with E-state index in [0.29, 0.717) is 5.56 Å². The molecule has 0 aromatic heterocycles. The first-order valence-corrected chi connectivity index (χ1v) is 10.2. The minimum absolute atomic E-state index is 0.0692. The summed E-state index contributed by atoms with van der Waals surface area (Å²) in [5, 5.41) is 0. The van der Waals surface area contributed by atoms with Gasteiger partial charge in [-0.25, -0.2) is 4.39 Å². The molecule has 2 aliphatic heterocycles. The van der Waals surface area contributed by atoms with E-state index in [4.69, 9.17) is 0 Å². The zero-order valence-electron chi connectivity index (χ0n) is 14.7. The van der Waals surface area contributed by atoms with Crippen molar-refractivity contribution in [2.24, 2.45) is 5.92 Å². The Morgan fingerprint density at radius 2 is 1.77 bits per heavy atom. The Labute approximate surface area is 158 Å². The molecule has 0 saturated carbocycles. The number of fused-ring (bicyclic) bond motifs is 1. The van der Waals surface area contributed by atoms with Crippen LogP contribution in [0.2, 0.25) is 0 Å². The summed E-state index contributed by atoms with van der Waals surface area (Å²) in [6.45, 7) is 3.98. The Morgan fingerprint density at radius 3 is 2.54 bits per heavy atom. The van der Waals surface area contributed by atoms with Crippen LogP contribution < -0.4 is 4.90 Å². The van der Waals surface area contributed by atoms with Crippen molar-refractivity contribution in [1.29, 1.82) is 0 Å². The first-order valence-electron chi connectivity index (χ1n) is 9.19. The Kier molecular flexibility index (Phi) is 5.27. The summed E-state index contributed by atoms with van der Waals surface area (Å²) in [5.74, 6) is 0.964. The number of Topliss-reactive ketones (excluding diaryl/α,β-unsaturated/α-hetero) is 1. The average Bonchev–Trinajstić information content (AvgIpc) is 3.10. The fourth-order valence-electron chi connectivity index (χ4n) is 3.77. The van der Waals surface area contributed by atoms with Crippen LogP contribution in [-0.4, -0.2) is 42.7 Å². The largest absolute Gasteiger partial charge is 0.360 e. The number of carbonyl (C=O) groups excluding carboxylic acids is 1. The topological polar surface area (TPSA) is 23.6 Å². The highest BCUT2D eigenvalue weighted by molar-refractivity contribution is 7.99. The maximum atomic E-state index is 13.0. The molecule has 1 fully saturated rings. The number of nitrogens with zero attached hydrogens (tertiary/aromatic N) is 2. The fourth-order valence-corrected chi connectivity index (χ4v) is 4.86. The third kappa shape index (κ3) is 3.79. The minimum atomic E-state index is -0.294. The lowest BCUT2D eigenvalue weighted by molar-refractivity contribution is 0.0842. The summed E-state index contributed by atoms with van der Waals surface area (Å²) >= 11 is 1.90. The van der Waals surface area contributed by atoms with Crippen LogP contribution in [0.15, 0.2) is 53.4 Å². The standard InChI is InChI=1S/C21H23FN2OS/c22-18-7-5-16(6-8-18)21(25)17-9-11-23(12-10-17)13-14-24-15-26-20-4-2-1-3-19(20)24/h1-8,17H,9-15H2. The molecule has 136 valence electrons. The second-order valence-electron chi connectivity index (χ2n) is 6.99. The lowest BCUT2D eigenvalue weighted by Crippen LogP contribution is -2.40. The number of benzene rings is 2. The molecule has 3 nitrogen and oxygen atoms in total. The molecule has 0 N–H and O–H groups in total. The first kappa shape index (κ1) is 17.6. The molecule has 0 aliphatic carbocycles. The van der Waals surface area contributed by atoms with Crippen LogP contribution >= 0.6 is 11.8 Å².